The molecule has 2 aromatic rings. The number of amides is 1. The highest BCUT2D eigenvalue weighted by molar-refractivity contribution is 6.35. The maximum Gasteiger partial charge on any atom is 0.225 e. The van der Waals surface area contributed by atoms with Gasteiger partial charge in [0.25, 0.3) is 0 Å². The molecule has 1 aromatic heterocycles. The van der Waals surface area contributed by atoms with E-state index >= 15 is 0 Å². The SMILES string of the molecule is CC(Cc1ccc(Cl)cc1Cl)C(=O)N1CCCC(CN2CCN(c3ccccn3)CC2)C1. The normalized spacial score (nSPS) is 20.9. The summed E-state index contributed by atoms with van der Waals surface area (Å²) >= 11 is 12.3. The lowest BCUT2D eigenvalue weighted by molar-refractivity contribution is -0.137. The highest BCUT2D eigenvalue weighted by atomic mass is 35.5. The molecule has 1 aromatic carbocycles. The number of nitrogens with zero attached hydrogens (tertiary/aromatic N) is 4. The highest BCUT2D eigenvalue weighted by Gasteiger charge is 2.29. The third-order valence-corrected chi connectivity index (χ3v) is 7.24. The van der Waals surface area contributed by atoms with Crippen molar-refractivity contribution in [1.82, 2.24) is 14.8 Å². The molecule has 32 heavy (non-hydrogen) atoms. The fourth-order valence-electron chi connectivity index (χ4n) is 4.90. The van der Waals surface area contributed by atoms with Crippen LogP contribution in [-0.4, -0.2) is 66.5 Å². The Labute approximate surface area is 201 Å². The summed E-state index contributed by atoms with van der Waals surface area (Å²) < 4.78 is 0. The first-order chi connectivity index (χ1) is 15.5. The van der Waals surface area contributed by atoms with Crippen LogP contribution >= 0.6 is 23.2 Å². The maximum atomic E-state index is 13.1. The molecule has 2 aliphatic rings. The summed E-state index contributed by atoms with van der Waals surface area (Å²) in [6.45, 7) is 8.90. The lowest BCUT2D eigenvalue weighted by Crippen LogP contribution is -2.50. The van der Waals surface area contributed by atoms with Gasteiger partial charge < -0.3 is 9.80 Å². The van der Waals surface area contributed by atoms with Gasteiger partial charge in [0.05, 0.1) is 0 Å². The Morgan fingerprint density at radius 2 is 1.94 bits per heavy atom. The van der Waals surface area contributed by atoms with Gasteiger partial charge in [-0.2, -0.15) is 0 Å². The largest absolute Gasteiger partial charge is 0.354 e. The fraction of sp³-hybridized carbons (Fsp3) is 0.520. The van der Waals surface area contributed by atoms with Gasteiger partial charge >= 0.3 is 0 Å². The topological polar surface area (TPSA) is 39.7 Å². The van der Waals surface area contributed by atoms with Crippen molar-refractivity contribution in [3.63, 3.8) is 0 Å². The zero-order chi connectivity index (χ0) is 22.5. The van der Waals surface area contributed by atoms with Crippen molar-refractivity contribution in [2.45, 2.75) is 26.2 Å². The molecule has 2 aliphatic heterocycles. The Morgan fingerprint density at radius 1 is 1.12 bits per heavy atom. The van der Waals surface area contributed by atoms with Crippen LogP contribution in [0, 0.1) is 11.8 Å². The predicted octanol–water partition coefficient (Wildman–Crippen LogP) is 4.63. The number of benzene rings is 1. The van der Waals surface area contributed by atoms with E-state index in [9.17, 15) is 4.79 Å². The van der Waals surface area contributed by atoms with E-state index in [0.717, 1.165) is 63.6 Å². The van der Waals surface area contributed by atoms with E-state index in [1.54, 1.807) is 6.07 Å². The summed E-state index contributed by atoms with van der Waals surface area (Å²) in [7, 11) is 0. The summed E-state index contributed by atoms with van der Waals surface area (Å²) in [6.07, 6.45) is 4.78. The first kappa shape index (κ1) is 23.3. The minimum Gasteiger partial charge on any atom is -0.354 e. The Kier molecular flexibility index (Phi) is 7.93. The number of rotatable bonds is 6. The minimum absolute atomic E-state index is 0.0886. The van der Waals surface area contributed by atoms with Crippen LogP contribution in [0.1, 0.15) is 25.3 Å². The Hall–Kier alpha value is -1.82. The van der Waals surface area contributed by atoms with E-state index in [0.29, 0.717) is 22.4 Å². The smallest absolute Gasteiger partial charge is 0.225 e. The van der Waals surface area contributed by atoms with Gasteiger partial charge in [-0.1, -0.05) is 42.3 Å². The van der Waals surface area contributed by atoms with Crippen molar-refractivity contribution >= 4 is 34.9 Å². The van der Waals surface area contributed by atoms with E-state index in [4.69, 9.17) is 23.2 Å². The summed E-state index contributed by atoms with van der Waals surface area (Å²) in [6, 6.07) is 11.6. The van der Waals surface area contributed by atoms with Crippen LogP contribution in [-0.2, 0) is 11.2 Å². The Bertz CT molecular complexity index is 902. The van der Waals surface area contributed by atoms with E-state index in [2.05, 4.69) is 25.8 Å². The third-order valence-electron chi connectivity index (χ3n) is 6.66. The molecule has 7 heteroatoms. The average molecular weight is 475 g/mol. The molecular formula is C25H32Cl2N4O. The maximum absolute atomic E-state index is 13.1. The number of aromatic nitrogens is 1. The molecule has 5 nitrogen and oxygen atoms in total. The number of carbonyl (C=O) groups is 1. The molecule has 2 saturated heterocycles. The van der Waals surface area contributed by atoms with Gasteiger partial charge in [0.1, 0.15) is 5.82 Å². The lowest BCUT2D eigenvalue weighted by atomic mass is 9.94. The molecule has 3 heterocycles. The number of pyridine rings is 1. The fourth-order valence-corrected chi connectivity index (χ4v) is 5.38. The molecule has 0 N–H and O–H groups in total. The number of carbonyl (C=O) groups excluding carboxylic acids is 1. The highest BCUT2D eigenvalue weighted by Crippen LogP contribution is 2.26. The van der Waals surface area contributed by atoms with Crippen LogP contribution in [0.3, 0.4) is 0 Å². The van der Waals surface area contributed by atoms with Gasteiger partial charge in [0.15, 0.2) is 0 Å². The van der Waals surface area contributed by atoms with E-state index in [1.165, 1.54) is 6.42 Å². The molecule has 0 aliphatic carbocycles. The Balaban J connectivity index is 1.26. The van der Waals surface area contributed by atoms with Crippen LogP contribution < -0.4 is 4.90 Å². The second-order valence-electron chi connectivity index (χ2n) is 9.11. The Morgan fingerprint density at radius 3 is 2.66 bits per heavy atom. The van der Waals surface area contributed by atoms with Gasteiger partial charge in [-0.3, -0.25) is 9.69 Å². The van der Waals surface area contributed by atoms with Crippen LogP contribution in [0.2, 0.25) is 10.0 Å². The van der Waals surface area contributed by atoms with E-state index in [-0.39, 0.29) is 11.8 Å². The summed E-state index contributed by atoms with van der Waals surface area (Å²) in [5.74, 6) is 1.76. The second-order valence-corrected chi connectivity index (χ2v) is 9.95. The molecule has 0 radical (unpaired) electrons. The molecule has 2 unspecified atom stereocenters. The van der Waals surface area contributed by atoms with Gasteiger partial charge in [-0.25, -0.2) is 4.98 Å². The number of likely N-dealkylation sites (tertiary alicyclic amines) is 1. The summed E-state index contributed by atoms with van der Waals surface area (Å²) in [5.41, 5.74) is 0.983. The summed E-state index contributed by atoms with van der Waals surface area (Å²) in [4.78, 5) is 24.6. The molecule has 2 fully saturated rings. The second kappa shape index (κ2) is 10.9. The monoisotopic (exact) mass is 474 g/mol. The zero-order valence-electron chi connectivity index (χ0n) is 18.7. The van der Waals surface area contributed by atoms with Crippen LogP contribution in [0.15, 0.2) is 42.6 Å². The average Bonchev–Trinajstić information content (AvgIpc) is 2.81. The number of halogens is 2. The zero-order valence-corrected chi connectivity index (χ0v) is 20.2. The van der Waals surface area contributed by atoms with E-state index in [1.807, 2.05) is 37.4 Å². The minimum atomic E-state index is -0.0886. The molecule has 1 amide bonds. The number of hydrogen-bond acceptors (Lipinski definition) is 4. The van der Waals surface area contributed by atoms with Crippen LogP contribution in [0.4, 0.5) is 5.82 Å². The quantitative estimate of drug-likeness (QED) is 0.611. The first-order valence-electron chi connectivity index (χ1n) is 11.6. The van der Waals surface area contributed by atoms with Crippen molar-refractivity contribution in [3.05, 3.63) is 58.2 Å². The number of piperazine rings is 1. The number of hydrogen-bond donors (Lipinski definition) is 0. The molecule has 2 atom stereocenters. The predicted molar refractivity (Wildman–Crippen MR) is 132 cm³/mol. The molecular weight excluding hydrogens is 443 g/mol. The van der Waals surface area contributed by atoms with Gasteiger partial charge in [0.2, 0.25) is 5.91 Å². The lowest BCUT2D eigenvalue weighted by Gasteiger charge is -2.40. The van der Waals surface area contributed by atoms with Crippen LogP contribution in [0.5, 0.6) is 0 Å². The molecule has 0 saturated carbocycles. The van der Waals surface area contributed by atoms with Gasteiger partial charge in [0, 0.05) is 68.0 Å². The van der Waals surface area contributed by atoms with Crippen molar-refractivity contribution < 1.29 is 4.79 Å². The molecule has 4 rings (SSSR count). The van der Waals surface area contributed by atoms with Crippen molar-refractivity contribution in [3.8, 4) is 0 Å². The molecule has 0 bridgehead atoms. The standard InChI is InChI=1S/C25H32Cl2N4O/c1-19(15-21-7-8-22(26)16-23(21)27)25(32)31-10-4-5-20(18-31)17-29-11-13-30(14-12-29)24-6-2-3-9-28-24/h2-3,6-9,16,19-20H,4-5,10-15,17-18H2,1H3. The van der Waals surface area contributed by atoms with Crippen LogP contribution in [0.25, 0.3) is 0 Å². The van der Waals surface area contributed by atoms with Crippen molar-refractivity contribution in [2.75, 3.05) is 50.7 Å². The summed E-state index contributed by atoms with van der Waals surface area (Å²) in [5, 5.41) is 1.26. The molecule has 172 valence electrons. The van der Waals surface area contributed by atoms with Crippen molar-refractivity contribution in [1.29, 1.82) is 0 Å². The van der Waals surface area contributed by atoms with E-state index < -0.39 is 0 Å². The van der Waals surface area contributed by atoms with Crippen molar-refractivity contribution in [2.24, 2.45) is 11.8 Å². The first-order valence-corrected chi connectivity index (χ1v) is 12.4. The number of piperidine rings is 1. The van der Waals surface area contributed by atoms with Gasteiger partial charge in [-0.15, -0.1) is 0 Å². The molecule has 0 spiro atoms. The van der Waals surface area contributed by atoms with Gasteiger partial charge in [-0.05, 0) is 55.0 Å². The third kappa shape index (κ3) is 5.94. The number of anilines is 1.